The molecular weight excluding hydrogens is 433 g/mol. The van der Waals surface area contributed by atoms with E-state index >= 15 is 4.39 Å². The first kappa shape index (κ1) is 19.6. The first-order valence-corrected chi connectivity index (χ1v) is 10.4. The minimum Gasteiger partial charge on any atom is -0.325 e. The number of benzene rings is 2. The van der Waals surface area contributed by atoms with E-state index in [1.54, 1.807) is 18.2 Å². The van der Waals surface area contributed by atoms with E-state index in [1.165, 1.54) is 12.1 Å². The number of rotatable bonds is 4. The first-order valence-electron chi connectivity index (χ1n) is 8.16. The largest absolute Gasteiger partial charge is 0.325 e. The van der Waals surface area contributed by atoms with Crippen LogP contribution in [0.2, 0.25) is 0 Å². The van der Waals surface area contributed by atoms with Crippen LogP contribution in [0, 0.1) is 5.82 Å². The fourth-order valence-corrected chi connectivity index (χ4v) is 6.23. The van der Waals surface area contributed by atoms with Gasteiger partial charge in [0, 0.05) is 16.4 Å². The number of alkyl halides is 2. The lowest BCUT2D eigenvalue weighted by Gasteiger charge is -2.38. The SMILES string of the molecule is NCC(F)(F)C1CCCCN1S(=O)(=O)c1c(Br)cc2ccccc2c1F. The van der Waals surface area contributed by atoms with Gasteiger partial charge in [0.2, 0.25) is 10.0 Å². The van der Waals surface area contributed by atoms with Crippen LogP contribution in [-0.4, -0.2) is 37.8 Å². The smallest absolute Gasteiger partial charge is 0.276 e. The normalized spacial score (nSPS) is 19.8. The van der Waals surface area contributed by atoms with Crippen molar-refractivity contribution in [3.63, 3.8) is 0 Å². The van der Waals surface area contributed by atoms with E-state index in [0.29, 0.717) is 22.5 Å². The van der Waals surface area contributed by atoms with Crippen molar-refractivity contribution in [2.24, 2.45) is 5.73 Å². The molecule has 142 valence electrons. The zero-order chi connectivity index (χ0) is 19.1. The van der Waals surface area contributed by atoms with Gasteiger partial charge >= 0.3 is 0 Å². The summed E-state index contributed by atoms with van der Waals surface area (Å²) in [5.41, 5.74) is 5.16. The average Bonchev–Trinajstić information content (AvgIpc) is 2.61. The van der Waals surface area contributed by atoms with E-state index in [-0.39, 0.29) is 22.8 Å². The Morgan fingerprint density at radius 2 is 1.96 bits per heavy atom. The number of hydrogen-bond donors (Lipinski definition) is 1. The van der Waals surface area contributed by atoms with E-state index in [1.807, 2.05) is 0 Å². The summed E-state index contributed by atoms with van der Waals surface area (Å²) in [6, 6.07) is 6.28. The Kier molecular flexibility index (Phi) is 5.35. The third-order valence-electron chi connectivity index (χ3n) is 4.68. The molecule has 4 nitrogen and oxygen atoms in total. The van der Waals surface area contributed by atoms with Gasteiger partial charge in [0.15, 0.2) is 5.82 Å². The van der Waals surface area contributed by atoms with E-state index in [4.69, 9.17) is 5.73 Å². The Bertz CT molecular complexity index is 937. The Balaban J connectivity index is 2.17. The Labute approximate surface area is 158 Å². The monoisotopic (exact) mass is 450 g/mol. The van der Waals surface area contributed by atoms with Gasteiger partial charge in [-0.3, -0.25) is 0 Å². The summed E-state index contributed by atoms with van der Waals surface area (Å²) in [6.07, 6.45) is 0.882. The number of nitrogens with two attached hydrogens (primary N) is 1. The summed E-state index contributed by atoms with van der Waals surface area (Å²) in [5, 5.41) is 0.631. The molecule has 9 heteroatoms. The van der Waals surface area contributed by atoms with Crippen molar-refractivity contribution >= 4 is 36.7 Å². The van der Waals surface area contributed by atoms with Gasteiger partial charge < -0.3 is 5.73 Å². The number of halogens is 4. The molecule has 0 bridgehead atoms. The Hall–Kier alpha value is -1.16. The summed E-state index contributed by atoms with van der Waals surface area (Å²) in [5.74, 6) is -4.33. The number of sulfonamides is 1. The van der Waals surface area contributed by atoms with E-state index in [2.05, 4.69) is 15.9 Å². The molecule has 1 atom stereocenters. The lowest BCUT2D eigenvalue weighted by Crippen LogP contribution is -2.55. The molecule has 0 aliphatic carbocycles. The molecule has 1 aliphatic heterocycles. The predicted molar refractivity (Wildman–Crippen MR) is 97.1 cm³/mol. The minimum absolute atomic E-state index is 0.00842. The van der Waals surface area contributed by atoms with E-state index < -0.39 is 39.2 Å². The molecule has 2 aromatic rings. The molecule has 2 aromatic carbocycles. The molecule has 0 saturated carbocycles. The lowest BCUT2D eigenvalue weighted by molar-refractivity contribution is -0.0627. The van der Waals surface area contributed by atoms with Crippen molar-refractivity contribution in [3.8, 4) is 0 Å². The van der Waals surface area contributed by atoms with Crippen LogP contribution >= 0.6 is 15.9 Å². The molecule has 0 spiro atoms. The summed E-state index contributed by atoms with van der Waals surface area (Å²) < 4.78 is 70.5. The van der Waals surface area contributed by atoms with Crippen LogP contribution in [-0.2, 0) is 10.0 Å². The summed E-state index contributed by atoms with van der Waals surface area (Å²) in [7, 11) is -4.48. The maximum Gasteiger partial charge on any atom is 0.276 e. The molecule has 1 aliphatic rings. The molecule has 1 fully saturated rings. The number of fused-ring (bicyclic) bond motifs is 1. The predicted octanol–water partition coefficient (Wildman–Crippen LogP) is 3.88. The lowest BCUT2D eigenvalue weighted by atomic mass is 9.99. The van der Waals surface area contributed by atoms with Crippen molar-refractivity contribution in [1.29, 1.82) is 0 Å². The summed E-state index contributed by atoms with van der Waals surface area (Å²) in [4.78, 5) is -0.615. The average molecular weight is 451 g/mol. The highest BCUT2D eigenvalue weighted by Crippen LogP contribution is 2.38. The van der Waals surface area contributed by atoms with Gasteiger partial charge in [0.25, 0.3) is 5.92 Å². The van der Waals surface area contributed by atoms with Crippen molar-refractivity contribution in [3.05, 3.63) is 40.6 Å². The van der Waals surface area contributed by atoms with Gasteiger partial charge in [-0.1, -0.05) is 30.7 Å². The fourth-order valence-electron chi connectivity index (χ4n) is 3.36. The molecule has 1 heterocycles. The van der Waals surface area contributed by atoms with Crippen molar-refractivity contribution < 1.29 is 21.6 Å². The minimum atomic E-state index is -4.48. The van der Waals surface area contributed by atoms with Crippen LogP contribution in [0.3, 0.4) is 0 Å². The maximum absolute atomic E-state index is 15.0. The highest BCUT2D eigenvalue weighted by atomic mass is 79.9. The van der Waals surface area contributed by atoms with Gasteiger partial charge in [-0.15, -0.1) is 0 Å². The second-order valence-electron chi connectivity index (χ2n) is 6.32. The van der Waals surface area contributed by atoms with Crippen LogP contribution in [0.5, 0.6) is 0 Å². The van der Waals surface area contributed by atoms with E-state index in [0.717, 1.165) is 0 Å². The van der Waals surface area contributed by atoms with Crippen molar-refractivity contribution in [2.75, 3.05) is 13.1 Å². The van der Waals surface area contributed by atoms with Crippen LogP contribution in [0.15, 0.2) is 39.7 Å². The summed E-state index contributed by atoms with van der Waals surface area (Å²) in [6.45, 7) is -1.06. The zero-order valence-corrected chi connectivity index (χ0v) is 16.2. The fraction of sp³-hybridized carbons (Fsp3) is 0.412. The van der Waals surface area contributed by atoms with Crippen molar-refractivity contribution in [2.45, 2.75) is 36.1 Å². The Morgan fingerprint density at radius 3 is 2.65 bits per heavy atom. The molecular formula is C17H18BrF3N2O2S. The number of piperidine rings is 1. The topological polar surface area (TPSA) is 63.4 Å². The van der Waals surface area contributed by atoms with Gasteiger partial charge in [-0.2, -0.15) is 4.31 Å². The van der Waals surface area contributed by atoms with Crippen LogP contribution in [0.25, 0.3) is 10.8 Å². The van der Waals surface area contributed by atoms with Gasteiger partial charge in [0.1, 0.15) is 4.90 Å². The second-order valence-corrected chi connectivity index (χ2v) is 9.00. The first-order chi connectivity index (χ1) is 12.2. The van der Waals surface area contributed by atoms with Gasteiger partial charge in [0.05, 0.1) is 12.6 Å². The van der Waals surface area contributed by atoms with Crippen LogP contribution in [0.4, 0.5) is 13.2 Å². The van der Waals surface area contributed by atoms with Crippen LogP contribution < -0.4 is 5.73 Å². The quantitative estimate of drug-likeness (QED) is 0.768. The zero-order valence-electron chi connectivity index (χ0n) is 13.8. The van der Waals surface area contributed by atoms with Crippen molar-refractivity contribution in [1.82, 2.24) is 4.31 Å². The third kappa shape index (κ3) is 3.26. The van der Waals surface area contributed by atoms with E-state index in [9.17, 15) is 17.2 Å². The standard InChI is InChI=1S/C17H18BrF3N2O2S/c18-13-9-11-5-1-2-6-12(11)15(19)16(13)26(24,25)23-8-4-3-7-14(23)17(20,21)10-22/h1-2,5-6,9,14H,3-4,7-8,10,22H2. The number of hydrogen-bond acceptors (Lipinski definition) is 3. The molecule has 1 unspecified atom stereocenters. The molecule has 2 N–H and O–H groups in total. The molecule has 0 aromatic heterocycles. The highest BCUT2D eigenvalue weighted by Gasteiger charge is 2.48. The van der Waals surface area contributed by atoms with Gasteiger partial charge in [-0.25, -0.2) is 21.6 Å². The molecule has 0 amide bonds. The van der Waals surface area contributed by atoms with Gasteiger partial charge in [-0.05, 0) is 40.2 Å². The molecule has 0 radical (unpaired) electrons. The van der Waals surface area contributed by atoms with Crippen LogP contribution in [0.1, 0.15) is 19.3 Å². The molecule has 26 heavy (non-hydrogen) atoms. The maximum atomic E-state index is 15.0. The second kappa shape index (κ2) is 7.10. The molecule has 1 saturated heterocycles. The summed E-state index contributed by atoms with van der Waals surface area (Å²) >= 11 is 3.10. The molecule has 3 rings (SSSR count). The highest BCUT2D eigenvalue weighted by molar-refractivity contribution is 9.10. The number of nitrogens with zero attached hydrogens (tertiary/aromatic N) is 1. The Morgan fingerprint density at radius 1 is 1.27 bits per heavy atom. The third-order valence-corrected chi connectivity index (χ3v) is 7.53.